The van der Waals surface area contributed by atoms with Crippen molar-refractivity contribution in [3.8, 4) is 6.07 Å². The summed E-state index contributed by atoms with van der Waals surface area (Å²) in [5.41, 5.74) is 0.271. The van der Waals surface area contributed by atoms with Crippen molar-refractivity contribution in [3.63, 3.8) is 0 Å². The first kappa shape index (κ1) is 20.2. The zero-order valence-corrected chi connectivity index (χ0v) is 16.9. The monoisotopic (exact) mass is 402 g/mol. The summed E-state index contributed by atoms with van der Waals surface area (Å²) in [6, 6.07) is 6.03. The van der Waals surface area contributed by atoms with Gasteiger partial charge in [0.25, 0.3) is 11.6 Å². The highest BCUT2D eigenvalue weighted by Crippen LogP contribution is 2.52. The lowest BCUT2D eigenvalue weighted by Gasteiger charge is -2.39. The van der Waals surface area contributed by atoms with Crippen LogP contribution in [0.1, 0.15) is 40.0 Å². The van der Waals surface area contributed by atoms with E-state index in [-0.39, 0.29) is 32.8 Å². The maximum atomic E-state index is 12.6. The summed E-state index contributed by atoms with van der Waals surface area (Å²) in [5.74, 6) is -0.629. The lowest BCUT2D eigenvalue weighted by Crippen LogP contribution is -2.33. The Morgan fingerprint density at radius 3 is 2.79 bits per heavy atom. The highest BCUT2D eigenvalue weighted by Gasteiger charge is 2.48. The molecule has 3 rings (SSSR count). The van der Waals surface area contributed by atoms with E-state index in [2.05, 4.69) is 31.0 Å². The molecule has 2 unspecified atom stereocenters. The normalized spacial score (nSPS) is 25.9. The van der Waals surface area contributed by atoms with E-state index in [9.17, 15) is 20.2 Å². The highest BCUT2D eigenvalue weighted by atomic mass is 35.5. The predicted molar refractivity (Wildman–Crippen MR) is 107 cm³/mol. The summed E-state index contributed by atoms with van der Waals surface area (Å²) in [4.78, 5) is 25.1. The Morgan fingerprint density at radius 1 is 1.43 bits per heavy atom. The number of nitro benzene ring substituents is 1. The Morgan fingerprint density at radius 2 is 2.14 bits per heavy atom. The fraction of sp³-hybridized carbons (Fsp3) is 0.500. The zero-order chi connectivity index (χ0) is 20.7. The number of rotatable bonds is 4. The SMILES string of the molecule is CC1(C)CC2CC(C)(CN2/C=C(/C#N)C(=O)Nc2cc([N+](=O)[O-])ccc2Cl)C1. The Bertz CT molecular complexity index is 905. The molecule has 1 aliphatic heterocycles. The van der Waals surface area contributed by atoms with Gasteiger partial charge in [-0.3, -0.25) is 14.9 Å². The van der Waals surface area contributed by atoms with Crippen molar-refractivity contribution in [1.82, 2.24) is 4.90 Å². The molecular weight excluding hydrogens is 380 g/mol. The number of nitro groups is 1. The number of carbonyl (C=O) groups is 1. The third-order valence-corrected chi connectivity index (χ3v) is 5.85. The Balaban J connectivity index is 1.81. The van der Waals surface area contributed by atoms with E-state index in [0.29, 0.717) is 6.04 Å². The van der Waals surface area contributed by atoms with Gasteiger partial charge in [0.15, 0.2) is 0 Å². The second-order valence-electron chi connectivity index (χ2n) is 8.92. The molecule has 2 fully saturated rings. The molecule has 148 valence electrons. The molecule has 1 aromatic carbocycles. The van der Waals surface area contributed by atoms with E-state index in [0.717, 1.165) is 25.8 Å². The van der Waals surface area contributed by atoms with Crippen molar-refractivity contribution >= 4 is 28.9 Å². The van der Waals surface area contributed by atoms with Gasteiger partial charge in [-0.15, -0.1) is 0 Å². The van der Waals surface area contributed by atoms with Crippen LogP contribution >= 0.6 is 11.6 Å². The van der Waals surface area contributed by atoms with Gasteiger partial charge in [-0.2, -0.15) is 5.26 Å². The summed E-state index contributed by atoms with van der Waals surface area (Å²) in [6.45, 7) is 7.57. The van der Waals surface area contributed by atoms with Crippen LogP contribution in [0.5, 0.6) is 0 Å². The summed E-state index contributed by atoms with van der Waals surface area (Å²) in [5, 5.41) is 23.1. The van der Waals surface area contributed by atoms with Crippen LogP contribution in [0.25, 0.3) is 0 Å². The smallest absolute Gasteiger partial charge is 0.271 e. The number of non-ortho nitro benzene ring substituents is 1. The largest absolute Gasteiger partial charge is 0.373 e. The number of hydrogen-bond donors (Lipinski definition) is 1. The second-order valence-corrected chi connectivity index (χ2v) is 9.32. The summed E-state index contributed by atoms with van der Waals surface area (Å²) in [7, 11) is 0. The van der Waals surface area contributed by atoms with Gasteiger partial charge in [0, 0.05) is 30.9 Å². The number of nitriles is 1. The summed E-state index contributed by atoms with van der Waals surface area (Å²) < 4.78 is 0. The molecule has 1 amide bonds. The molecule has 0 radical (unpaired) electrons. The molecule has 2 atom stereocenters. The maximum absolute atomic E-state index is 12.6. The summed E-state index contributed by atoms with van der Waals surface area (Å²) >= 11 is 6.04. The first-order valence-corrected chi connectivity index (χ1v) is 9.53. The molecule has 1 aliphatic carbocycles. The van der Waals surface area contributed by atoms with Crippen LogP contribution in [0.2, 0.25) is 5.02 Å². The highest BCUT2D eigenvalue weighted by molar-refractivity contribution is 6.34. The topological polar surface area (TPSA) is 99.3 Å². The van der Waals surface area contributed by atoms with E-state index >= 15 is 0 Å². The van der Waals surface area contributed by atoms with Crippen molar-refractivity contribution in [2.24, 2.45) is 10.8 Å². The third kappa shape index (κ3) is 4.12. The molecule has 8 heteroatoms. The number of nitrogens with one attached hydrogen (secondary N) is 1. The van der Waals surface area contributed by atoms with Gasteiger partial charge >= 0.3 is 0 Å². The average molecular weight is 403 g/mol. The van der Waals surface area contributed by atoms with E-state index < -0.39 is 10.8 Å². The van der Waals surface area contributed by atoms with Gasteiger partial charge in [-0.05, 0) is 36.2 Å². The van der Waals surface area contributed by atoms with Crippen LogP contribution in [0.4, 0.5) is 11.4 Å². The van der Waals surface area contributed by atoms with Gasteiger partial charge in [0.2, 0.25) is 0 Å². The molecule has 0 aromatic heterocycles. The van der Waals surface area contributed by atoms with Crippen molar-refractivity contribution in [2.45, 2.75) is 46.1 Å². The van der Waals surface area contributed by atoms with Crippen LogP contribution in [0.3, 0.4) is 0 Å². The lowest BCUT2D eigenvalue weighted by molar-refractivity contribution is -0.384. The Kier molecular flexibility index (Phi) is 5.11. The third-order valence-electron chi connectivity index (χ3n) is 5.52. The van der Waals surface area contributed by atoms with Crippen molar-refractivity contribution in [3.05, 3.63) is 45.1 Å². The van der Waals surface area contributed by atoms with Gasteiger partial charge in [0.05, 0.1) is 15.6 Å². The molecule has 2 aliphatic rings. The lowest BCUT2D eigenvalue weighted by atomic mass is 9.65. The van der Waals surface area contributed by atoms with Gasteiger partial charge in [-0.1, -0.05) is 32.4 Å². The van der Waals surface area contributed by atoms with Crippen LogP contribution in [0.15, 0.2) is 30.0 Å². The number of halogens is 1. The average Bonchev–Trinajstić information content (AvgIpc) is 2.82. The fourth-order valence-electron chi connectivity index (χ4n) is 4.87. The van der Waals surface area contributed by atoms with Crippen molar-refractivity contribution < 1.29 is 9.72 Å². The first-order valence-electron chi connectivity index (χ1n) is 9.15. The number of benzene rings is 1. The molecule has 7 nitrogen and oxygen atoms in total. The minimum atomic E-state index is -0.629. The Labute approximate surface area is 169 Å². The molecular formula is C20H23ClN4O3. The quantitative estimate of drug-likeness (QED) is 0.346. The molecule has 1 heterocycles. The predicted octanol–water partition coefficient (Wildman–Crippen LogP) is 4.49. The molecule has 1 aromatic rings. The van der Waals surface area contributed by atoms with Crippen molar-refractivity contribution in [2.75, 3.05) is 11.9 Å². The minimum absolute atomic E-state index is 0.0449. The van der Waals surface area contributed by atoms with Crippen LogP contribution in [0, 0.1) is 32.3 Å². The van der Waals surface area contributed by atoms with Crippen LogP contribution in [-0.2, 0) is 4.79 Å². The van der Waals surface area contributed by atoms with Gasteiger partial charge < -0.3 is 10.2 Å². The van der Waals surface area contributed by atoms with E-state index in [1.807, 2.05) is 6.07 Å². The van der Waals surface area contributed by atoms with E-state index in [1.165, 1.54) is 18.2 Å². The van der Waals surface area contributed by atoms with Crippen molar-refractivity contribution in [1.29, 1.82) is 5.26 Å². The number of carbonyl (C=O) groups excluding carboxylic acids is 1. The zero-order valence-electron chi connectivity index (χ0n) is 16.2. The number of likely N-dealkylation sites (tertiary alicyclic amines) is 1. The molecule has 1 saturated carbocycles. The number of anilines is 1. The standard InChI is InChI=1S/C20H23ClN4O3/c1-19(2)7-15-8-20(3,11-19)12-24(15)10-13(9-22)18(26)23-17-6-14(25(27)28)4-5-16(17)21/h4-6,10,15H,7-8,11-12H2,1-3H3,(H,23,26)/b13-10-. The molecule has 1 N–H and O–H groups in total. The maximum Gasteiger partial charge on any atom is 0.271 e. The molecule has 28 heavy (non-hydrogen) atoms. The second kappa shape index (κ2) is 7.10. The molecule has 0 spiro atoms. The van der Waals surface area contributed by atoms with E-state index in [1.54, 1.807) is 6.20 Å². The molecule has 1 saturated heterocycles. The number of hydrogen-bond acceptors (Lipinski definition) is 5. The molecule has 2 bridgehead atoms. The van der Waals surface area contributed by atoms with Crippen LogP contribution < -0.4 is 5.32 Å². The fourth-order valence-corrected chi connectivity index (χ4v) is 5.04. The summed E-state index contributed by atoms with van der Waals surface area (Å²) in [6.07, 6.45) is 4.79. The Hall–Kier alpha value is -2.59. The van der Waals surface area contributed by atoms with Gasteiger partial charge in [0.1, 0.15) is 11.6 Å². The van der Waals surface area contributed by atoms with Gasteiger partial charge in [-0.25, -0.2) is 0 Å². The number of fused-ring (bicyclic) bond motifs is 2. The van der Waals surface area contributed by atoms with Crippen LogP contribution in [-0.4, -0.2) is 28.3 Å². The number of nitrogens with zero attached hydrogens (tertiary/aromatic N) is 3. The van der Waals surface area contributed by atoms with E-state index in [4.69, 9.17) is 11.6 Å². The minimum Gasteiger partial charge on any atom is -0.373 e. The first-order chi connectivity index (χ1) is 13.0. The number of amides is 1.